The van der Waals surface area contributed by atoms with Crippen LogP contribution in [0, 0.1) is 6.92 Å². The van der Waals surface area contributed by atoms with E-state index in [1.807, 2.05) is 0 Å². The molecule has 1 aromatic heterocycles. The first-order valence-corrected chi connectivity index (χ1v) is 5.47. The molecule has 0 atom stereocenters. The summed E-state index contributed by atoms with van der Waals surface area (Å²) in [6, 6.07) is 0.232. The lowest BCUT2D eigenvalue weighted by molar-refractivity contribution is 0.0595. The molecule has 17 heavy (non-hydrogen) atoms. The van der Waals surface area contributed by atoms with Gasteiger partial charge in [0.2, 0.25) is 0 Å². The Morgan fingerprint density at radius 2 is 2.12 bits per heavy atom. The Hall–Kier alpha value is -1.85. The molecule has 2 rings (SSSR count). The summed E-state index contributed by atoms with van der Waals surface area (Å²) in [6.07, 6.45) is 1.98. The predicted octanol–water partition coefficient (Wildman–Crippen LogP) is 0.407. The Kier molecular flexibility index (Phi) is 2.87. The number of methoxy groups -OCH3 is 1. The standard InChI is InChI=1S/C11H15N3O3/c1-6-8(11(16)17-3)9(13-14(6)2)10(15)12-7-4-5-7/h7H,4-5H2,1-3H3,(H,12,15). The molecule has 1 N–H and O–H groups in total. The Bertz CT molecular complexity index is 475. The van der Waals surface area contributed by atoms with Crippen molar-refractivity contribution in [3.8, 4) is 0 Å². The van der Waals surface area contributed by atoms with Crippen molar-refractivity contribution < 1.29 is 14.3 Å². The summed E-state index contributed by atoms with van der Waals surface area (Å²) in [7, 11) is 2.98. The summed E-state index contributed by atoms with van der Waals surface area (Å²) in [6.45, 7) is 1.73. The van der Waals surface area contributed by atoms with E-state index in [0.717, 1.165) is 12.8 Å². The molecule has 92 valence electrons. The summed E-state index contributed by atoms with van der Waals surface area (Å²) < 4.78 is 6.18. The maximum atomic E-state index is 11.9. The summed E-state index contributed by atoms with van der Waals surface area (Å²) in [5, 5.41) is 6.87. The van der Waals surface area contributed by atoms with E-state index in [1.165, 1.54) is 11.8 Å². The minimum absolute atomic E-state index is 0.142. The monoisotopic (exact) mass is 237 g/mol. The minimum Gasteiger partial charge on any atom is -0.465 e. The van der Waals surface area contributed by atoms with Crippen LogP contribution in [-0.4, -0.2) is 34.8 Å². The van der Waals surface area contributed by atoms with Gasteiger partial charge < -0.3 is 10.1 Å². The van der Waals surface area contributed by atoms with Gasteiger partial charge in [-0.05, 0) is 19.8 Å². The van der Waals surface area contributed by atoms with Crippen LogP contribution in [0.4, 0.5) is 0 Å². The van der Waals surface area contributed by atoms with Crippen molar-refractivity contribution in [2.24, 2.45) is 7.05 Å². The fourth-order valence-electron chi connectivity index (χ4n) is 1.59. The molecule has 6 heteroatoms. The van der Waals surface area contributed by atoms with E-state index in [1.54, 1.807) is 14.0 Å². The Balaban J connectivity index is 2.34. The fraction of sp³-hybridized carbons (Fsp3) is 0.545. The zero-order valence-electron chi connectivity index (χ0n) is 10.1. The van der Waals surface area contributed by atoms with Crippen LogP contribution in [0.25, 0.3) is 0 Å². The average Bonchev–Trinajstić information content (AvgIpc) is 3.05. The molecule has 1 heterocycles. The Morgan fingerprint density at radius 1 is 1.47 bits per heavy atom. The van der Waals surface area contributed by atoms with E-state index in [0.29, 0.717) is 5.69 Å². The number of rotatable bonds is 3. The van der Waals surface area contributed by atoms with Gasteiger partial charge in [-0.15, -0.1) is 0 Å². The third-order valence-corrected chi connectivity index (χ3v) is 2.85. The lowest BCUT2D eigenvalue weighted by Crippen LogP contribution is -2.27. The van der Waals surface area contributed by atoms with Crippen LogP contribution >= 0.6 is 0 Å². The fourth-order valence-corrected chi connectivity index (χ4v) is 1.59. The minimum atomic E-state index is -0.531. The Labute approximate surface area is 98.9 Å². The SMILES string of the molecule is COC(=O)c1c(C(=O)NC2CC2)nn(C)c1C. The van der Waals surface area contributed by atoms with E-state index in [4.69, 9.17) is 0 Å². The summed E-state index contributed by atoms with van der Waals surface area (Å²) >= 11 is 0. The van der Waals surface area contributed by atoms with Crippen molar-refractivity contribution in [2.45, 2.75) is 25.8 Å². The summed E-state index contributed by atoms with van der Waals surface area (Å²) in [5.41, 5.74) is 1.01. The van der Waals surface area contributed by atoms with Crippen molar-refractivity contribution >= 4 is 11.9 Å². The second-order valence-corrected chi connectivity index (χ2v) is 4.17. The molecule has 0 spiro atoms. The van der Waals surface area contributed by atoms with Gasteiger partial charge in [-0.2, -0.15) is 5.10 Å². The van der Waals surface area contributed by atoms with Crippen molar-refractivity contribution in [3.63, 3.8) is 0 Å². The van der Waals surface area contributed by atoms with Crippen LogP contribution in [-0.2, 0) is 11.8 Å². The van der Waals surface area contributed by atoms with E-state index in [9.17, 15) is 9.59 Å². The molecule has 1 aliphatic carbocycles. The number of nitrogens with zero attached hydrogens (tertiary/aromatic N) is 2. The van der Waals surface area contributed by atoms with Crippen molar-refractivity contribution in [2.75, 3.05) is 7.11 Å². The zero-order chi connectivity index (χ0) is 12.6. The molecule has 0 aliphatic heterocycles. The number of esters is 1. The van der Waals surface area contributed by atoms with Gasteiger partial charge in [0.25, 0.3) is 5.91 Å². The van der Waals surface area contributed by atoms with E-state index < -0.39 is 5.97 Å². The first kappa shape index (κ1) is 11.6. The van der Waals surface area contributed by atoms with Crippen LogP contribution in [0.5, 0.6) is 0 Å². The maximum Gasteiger partial charge on any atom is 0.342 e. The largest absolute Gasteiger partial charge is 0.465 e. The molecule has 1 amide bonds. The number of carbonyl (C=O) groups is 2. The topological polar surface area (TPSA) is 73.2 Å². The smallest absolute Gasteiger partial charge is 0.342 e. The summed E-state index contributed by atoms with van der Waals surface area (Å²) in [4.78, 5) is 23.5. The quantitative estimate of drug-likeness (QED) is 0.773. The van der Waals surface area contributed by atoms with Crippen molar-refractivity contribution in [1.82, 2.24) is 15.1 Å². The van der Waals surface area contributed by atoms with Gasteiger partial charge >= 0.3 is 5.97 Å². The third kappa shape index (κ3) is 2.15. The second-order valence-electron chi connectivity index (χ2n) is 4.17. The molecule has 1 saturated carbocycles. The highest BCUT2D eigenvalue weighted by molar-refractivity contribution is 6.04. The lowest BCUT2D eigenvalue weighted by atomic mass is 10.2. The number of hydrogen-bond acceptors (Lipinski definition) is 4. The Morgan fingerprint density at radius 3 is 2.65 bits per heavy atom. The molecule has 1 aromatic rings. The zero-order valence-corrected chi connectivity index (χ0v) is 10.1. The molecule has 6 nitrogen and oxygen atoms in total. The second kappa shape index (κ2) is 4.20. The number of ether oxygens (including phenoxy) is 1. The third-order valence-electron chi connectivity index (χ3n) is 2.85. The van der Waals surface area contributed by atoms with Gasteiger partial charge in [0.1, 0.15) is 5.56 Å². The molecular formula is C11H15N3O3. The van der Waals surface area contributed by atoms with Gasteiger partial charge in [0.05, 0.1) is 12.8 Å². The number of carbonyl (C=O) groups excluding carboxylic acids is 2. The first-order valence-electron chi connectivity index (χ1n) is 5.47. The van der Waals surface area contributed by atoms with Gasteiger partial charge in [-0.1, -0.05) is 0 Å². The van der Waals surface area contributed by atoms with Crippen LogP contribution in [0.15, 0.2) is 0 Å². The normalized spacial score (nSPS) is 14.5. The molecule has 0 aromatic carbocycles. The number of amides is 1. The molecule has 0 saturated heterocycles. The van der Waals surface area contributed by atoms with Crippen molar-refractivity contribution in [1.29, 1.82) is 0 Å². The molecule has 0 radical (unpaired) electrons. The lowest BCUT2D eigenvalue weighted by Gasteiger charge is -2.02. The van der Waals surface area contributed by atoms with E-state index >= 15 is 0 Å². The van der Waals surface area contributed by atoms with Gasteiger partial charge in [0, 0.05) is 13.1 Å². The van der Waals surface area contributed by atoms with Crippen LogP contribution in [0.3, 0.4) is 0 Å². The van der Waals surface area contributed by atoms with Gasteiger partial charge in [-0.3, -0.25) is 9.48 Å². The molecular weight excluding hydrogens is 222 g/mol. The number of nitrogens with one attached hydrogen (secondary N) is 1. The highest BCUT2D eigenvalue weighted by Gasteiger charge is 2.29. The first-order chi connectivity index (χ1) is 8.04. The summed E-state index contributed by atoms with van der Waals surface area (Å²) in [5.74, 6) is -0.840. The highest BCUT2D eigenvalue weighted by Crippen LogP contribution is 2.20. The highest BCUT2D eigenvalue weighted by atomic mass is 16.5. The van der Waals surface area contributed by atoms with Gasteiger partial charge in [0.15, 0.2) is 5.69 Å². The van der Waals surface area contributed by atoms with Crippen LogP contribution in [0.1, 0.15) is 39.4 Å². The number of aryl methyl sites for hydroxylation is 1. The molecule has 1 aliphatic rings. The molecule has 0 unspecified atom stereocenters. The van der Waals surface area contributed by atoms with Crippen LogP contribution < -0.4 is 5.32 Å². The molecule has 0 bridgehead atoms. The number of aromatic nitrogens is 2. The molecule has 1 fully saturated rings. The van der Waals surface area contributed by atoms with E-state index in [-0.39, 0.29) is 23.2 Å². The average molecular weight is 237 g/mol. The maximum absolute atomic E-state index is 11.9. The number of hydrogen-bond donors (Lipinski definition) is 1. The predicted molar refractivity (Wildman–Crippen MR) is 59.8 cm³/mol. The van der Waals surface area contributed by atoms with Crippen molar-refractivity contribution in [3.05, 3.63) is 17.0 Å². The van der Waals surface area contributed by atoms with E-state index in [2.05, 4.69) is 15.2 Å². The van der Waals surface area contributed by atoms with Gasteiger partial charge in [-0.25, -0.2) is 4.79 Å². The van der Waals surface area contributed by atoms with Crippen LogP contribution in [0.2, 0.25) is 0 Å².